The molecule has 0 spiro atoms. The molecule has 1 aliphatic rings. The molecule has 0 atom stereocenters. The van der Waals surface area contributed by atoms with Crippen molar-refractivity contribution in [3.63, 3.8) is 0 Å². The lowest BCUT2D eigenvalue weighted by molar-refractivity contribution is -0.137. The van der Waals surface area contributed by atoms with Gasteiger partial charge in [0.1, 0.15) is 17.2 Å². The van der Waals surface area contributed by atoms with E-state index in [1.54, 1.807) is 24.3 Å². The van der Waals surface area contributed by atoms with Crippen LogP contribution in [0.25, 0.3) is 0 Å². The smallest absolute Gasteiger partial charge is 0.165 e. The standard InChI is InChI=1S/C42H44O7/c1-26-16-30(21-34(40(26)43)19-28-8-12-37(48-46)13-9-28)18-32-24-36(42(45)39(25-32)33-6-4-3-5-7-33)23-31-17-27(2)41(44)35(22-31)20-29-10-14-38(49-47)15-11-29/h8-17,21-22,24-25,33,43-47H,3-7,18-20,23H2,1-2H3. The van der Waals surface area contributed by atoms with Gasteiger partial charge in [-0.1, -0.05) is 79.9 Å². The largest absolute Gasteiger partial charge is 0.507 e. The number of hydrogen-bond acceptors (Lipinski definition) is 7. The first-order valence-corrected chi connectivity index (χ1v) is 17.0. The zero-order chi connectivity index (χ0) is 34.5. The minimum Gasteiger partial charge on any atom is -0.507 e. The van der Waals surface area contributed by atoms with Crippen molar-refractivity contribution in [2.75, 3.05) is 0 Å². The summed E-state index contributed by atoms with van der Waals surface area (Å²) >= 11 is 0. The number of benzene rings is 5. The number of rotatable bonds is 11. The van der Waals surface area contributed by atoms with Gasteiger partial charge in [-0.05, 0) is 124 Å². The Bertz CT molecular complexity index is 1910. The summed E-state index contributed by atoms with van der Waals surface area (Å²) < 4.78 is 0. The molecule has 0 radical (unpaired) electrons. The Morgan fingerprint density at radius 2 is 0.898 bits per heavy atom. The van der Waals surface area contributed by atoms with E-state index in [4.69, 9.17) is 10.5 Å². The topological polar surface area (TPSA) is 120 Å². The summed E-state index contributed by atoms with van der Waals surface area (Å²) in [6.07, 6.45) is 7.84. The number of phenols is 3. The van der Waals surface area contributed by atoms with E-state index in [0.717, 1.165) is 86.9 Å². The van der Waals surface area contributed by atoms with Crippen molar-refractivity contribution in [2.45, 2.75) is 77.6 Å². The molecule has 5 aromatic carbocycles. The maximum atomic E-state index is 11.8. The maximum absolute atomic E-state index is 11.8. The van der Waals surface area contributed by atoms with Gasteiger partial charge < -0.3 is 25.1 Å². The fraction of sp³-hybridized carbons (Fsp3) is 0.286. The zero-order valence-electron chi connectivity index (χ0n) is 28.1. The highest BCUT2D eigenvalue weighted by Gasteiger charge is 2.22. The second-order valence-electron chi connectivity index (χ2n) is 13.5. The number of hydrogen-bond donors (Lipinski definition) is 5. The van der Waals surface area contributed by atoms with Gasteiger partial charge in [-0.2, -0.15) is 0 Å². The van der Waals surface area contributed by atoms with Gasteiger partial charge >= 0.3 is 0 Å². The predicted molar refractivity (Wildman–Crippen MR) is 190 cm³/mol. The van der Waals surface area contributed by atoms with Crippen LogP contribution in [0.15, 0.2) is 84.9 Å². The van der Waals surface area contributed by atoms with Crippen molar-refractivity contribution in [2.24, 2.45) is 0 Å². The van der Waals surface area contributed by atoms with E-state index in [9.17, 15) is 15.3 Å². The fourth-order valence-electron chi connectivity index (χ4n) is 7.32. The van der Waals surface area contributed by atoms with E-state index >= 15 is 0 Å². The van der Waals surface area contributed by atoms with Crippen molar-refractivity contribution < 1.29 is 35.6 Å². The second-order valence-corrected chi connectivity index (χ2v) is 13.5. The Kier molecular flexibility index (Phi) is 10.4. The molecule has 6 rings (SSSR count). The summed E-state index contributed by atoms with van der Waals surface area (Å²) in [6.45, 7) is 3.81. The molecule has 0 heterocycles. The van der Waals surface area contributed by atoms with Gasteiger partial charge in [0.25, 0.3) is 0 Å². The highest BCUT2D eigenvalue weighted by Crippen LogP contribution is 2.41. The molecule has 1 aliphatic carbocycles. The molecule has 0 unspecified atom stereocenters. The Morgan fingerprint density at radius 1 is 0.490 bits per heavy atom. The molecule has 0 saturated heterocycles. The van der Waals surface area contributed by atoms with E-state index in [1.807, 2.05) is 56.3 Å². The lowest BCUT2D eigenvalue weighted by atomic mass is 9.81. The SMILES string of the molecule is Cc1cc(Cc2cc(Cc3cc(C)c(O)c(Cc4ccc(OO)cc4)c3)c(O)c(C3CCCCC3)c2)cc(Cc2ccc(OO)cc2)c1O. The maximum Gasteiger partial charge on any atom is 0.165 e. The Labute approximate surface area is 287 Å². The van der Waals surface area contributed by atoms with Crippen LogP contribution in [0.1, 0.15) is 99.2 Å². The van der Waals surface area contributed by atoms with Gasteiger partial charge in [0.2, 0.25) is 0 Å². The molecular formula is C42H44O7. The molecule has 254 valence electrons. The molecular weight excluding hydrogens is 616 g/mol. The third-order valence-corrected chi connectivity index (χ3v) is 9.85. The third kappa shape index (κ3) is 8.02. The normalized spacial score (nSPS) is 13.4. The second kappa shape index (κ2) is 15.1. The van der Waals surface area contributed by atoms with Crippen LogP contribution in [-0.2, 0) is 25.7 Å². The van der Waals surface area contributed by atoms with Crippen LogP contribution in [0.3, 0.4) is 0 Å². The summed E-state index contributed by atoms with van der Waals surface area (Å²) in [7, 11) is 0. The van der Waals surface area contributed by atoms with E-state index in [1.165, 1.54) is 6.42 Å². The minimum absolute atomic E-state index is 0.253. The number of aryl methyl sites for hydroxylation is 2. The van der Waals surface area contributed by atoms with Crippen LogP contribution in [0.4, 0.5) is 0 Å². The lowest BCUT2D eigenvalue weighted by Crippen LogP contribution is -2.07. The van der Waals surface area contributed by atoms with Crippen LogP contribution in [0.5, 0.6) is 28.7 Å². The first kappa shape index (κ1) is 33.9. The molecule has 0 aromatic heterocycles. The third-order valence-electron chi connectivity index (χ3n) is 9.85. The Balaban J connectivity index is 1.32. The summed E-state index contributed by atoms with van der Waals surface area (Å²) in [4.78, 5) is 8.63. The fourth-order valence-corrected chi connectivity index (χ4v) is 7.32. The molecule has 0 amide bonds. The van der Waals surface area contributed by atoms with Crippen molar-refractivity contribution in [3.8, 4) is 28.7 Å². The van der Waals surface area contributed by atoms with Gasteiger partial charge in [-0.25, -0.2) is 10.5 Å². The van der Waals surface area contributed by atoms with E-state index in [0.29, 0.717) is 48.8 Å². The van der Waals surface area contributed by atoms with Gasteiger partial charge in [0.05, 0.1) is 0 Å². The molecule has 1 saturated carbocycles. The summed E-state index contributed by atoms with van der Waals surface area (Å²) in [5.74, 6) is 1.90. The van der Waals surface area contributed by atoms with Gasteiger partial charge in [0.15, 0.2) is 11.5 Å². The van der Waals surface area contributed by atoms with E-state index < -0.39 is 0 Å². The van der Waals surface area contributed by atoms with Crippen molar-refractivity contribution in [1.29, 1.82) is 0 Å². The molecule has 5 aromatic rings. The molecule has 7 nitrogen and oxygen atoms in total. The number of aromatic hydroxyl groups is 3. The van der Waals surface area contributed by atoms with Crippen LogP contribution in [-0.4, -0.2) is 25.8 Å². The van der Waals surface area contributed by atoms with Crippen LogP contribution in [0, 0.1) is 13.8 Å². The Morgan fingerprint density at radius 3 is 1.37 bits per heavy atom. The molecule has 7 heteroatoms. The molecule has 0 bridgehead atoms. The highest BCUT2D eigenvalue weighted by atomic mass is 17.1. The van der Waals surface area contributed by atoms with E-state index in [2.05, 4.69) is 28.0 Å². The van der Waals surface area contributed by atoms with Crippen molar-refractivity contribution in [3.05, 3.63) is 146 Å². The summed E-state index contributed by atoms with van der Waals surface area (Å²) in [6, 6.07) is 26.6. The predicted octanol–water partition coefficient (Wildman–Crippen LogP) is 9.53. The molecule has 49 heavy (non-hydrogen) atoms. The number of phenolic OH excluding ortho intramolecular Hbond substituents is 3. The molecule has 5 N–H and O–H groups in total. The first-order valence-electron chi connectivity index (χ1n) is 17.0. The molecule has 1 fully saturated rings. The average Bonchev–Trinajstić information content (AvgIpc) is 3.11. The minimum atomic E-state index is 0.253. The molecule has 0 aliphatic heterocycles. The van der Waals surface area contributed by atoms with Crippen LogP contribution in [0.2, 0.25) is 0 Å². The first-order chi connectivity index (χ1) is 23.7. The zero-order valence-corrected chi connectivity index (χ0v) is 28.1. The quantitative estimate of drug-likeness (QED) is 0.0707. The lowest BCUT2D eigenvalue weighted by Gasteiger charge is -2.25. The van der Waals surface area contributed by atoms with Gasteiger partial charge in [0, 0.05) is 19.3 Å². The van der Waals surface area contributed by atoms with Crippen molar-refractivity contribution >= 4 is 0 Å². The van der Waals surface area contributed by atoms with Crippen LogP contribution >= 0.6 is 0 Å². The van der Waals surface area contributed by atoms with E-state index in [-0.39, 0.29) is 11.5 Å². The monoisotopic (exact) mass is 660 g/mol. The van der Waals surface area contributed by atoms with Crippen molar-refractivity contribution in [1.82, 2.24) is 0 Å². The average molecular weight is 661 g/mol. The Hall–Kier alpha value is -4.98. The summed E-state index contributed by atoms with van der Waals surface area (Å²) in [5.41, 5.74) is 10.2. The van der Waals surface area contributed by atoms with Crippen LogP contribution < -0.4 is 9.78 Å². The summed E-state index contributed by atoms with van der Waals surface area (Å²) in [5, 5.41) is 51.5. The van der Waals surface area contributed by atoms with Gasteiger partial charge in [-0.15, -0.1) is 0 Å². The highest BCUT2D eigenvalue weighted by molar-refractivity contribution is 5.53. The van der Waals surface area contributed by atoms with Gasteiger partial charge in [-0.3, -0.25) is 0 Å².